The Labute approximate surface area is 163 Å². The number of amides is 2. The number of nitrogens with one attached hydrogen (secondary N) is 2. The predicted octanol–water partition coefficient (Wildman–Crippen LogP) is 4.03. The first-order chi connectivity index (χ1) is 13.0. The Balaban J connectivity index is 2.09. The topological polar surface area (TPSA) is 67.4 Å². The highest BCUT2D eigenvalue weighted by Crippen LogP contribution is 2.40. The molecule has 27 heavy (non-hydrogen) atoms. The van der Waals surface area contributed by atoms with Crippen molar-refractivity contribution in [2.75, 3.05) is 25.6 Å². The summed E-state index contributed by atoms with van der Waals surface area (Å²) >= 11 is 0. The fraction of sp³-hybridized carbons (Fsp3) is 0.636. The van der Waals surface area contributed by atoms with Gasteiger partial charge in [-0.2, -0.15) is 0 Å². The standard InChI is InChI=1S/C22H34N2O3/c1-17(2)16-20(25)24-19-10-8-18(9-11-19)22(12-5-4-6-13-22)21(26)23-14-7-15-27-3/h8-11,17H,4-7,12-16H2,1-3H3,(H,23,26)(H,24,25). The third-order valence-corrected chi connectivity index (χ3v) is 5.27. The lowest BCUT2D eigenvalue weighted by atomic mass is 9.68. The van der Waals surface area contributed by atoms with Crippen LogP contribution in [0.1, 0.15) is 64.4 Å². The second-order valence-electron chi connectivity index (χ2n) is 7.97. The highest BCUT2D eigenvalue weighted by atomic mass is 16.5. The van der Waals surface area contributed by atoms with Crippen LogP contribution < -0.4 is 10.6 Å². The molecule has 2 amide bonds. The van der Waals surface area contributed by atoms with E-state index in [0.717, 1.165) is 43.4 Å². The van der Waals surface area contributed by atoms with E-state index in [0.29, 0.717) is 25.5 Å². The van der Waals surface area contributed by atoms with Gasteiger partial charge in [-0.15, -0.1) is 0 Å². The van der Waals surface area contributed by atoms with E-state index in [1.807, 2.05) is 38.1 Å². The quantitative estimate of drug-likeness (QED) is 0.641. The number of carbonyl (C=O) groups is 2. The molecule has 2 rings (SSSR count). The van der Waals surface area contributed by atoms with Crippen LogP contribution in [0.2, 0.25) is 0 Å². The van der Waals surface area contributed by atoms with E-state index in [4.69, 9.17) is 4.74 Å². The molecule has 1 aliphatic carbocycles. The molecule has 150 valence electrons. The second-order valence-corrected chi connectivity index (χ2v) is 7.97. The fourth-order valence-corrected chi connectivity index (χ4v) is 3.85. The molecule has 5 heteroatoms. The van der Waals surface area contributed by atoms with Crippen molar-refractivity contribution >= 4 is 17.5 Å². The Morgan fingerprint density at radius 1 is 1.11 bits per heavy atom. The Kier molecular flexibility index (Phi) is 8.29. The first-order valence-electron chi connectivity index (χ1n) is 10.2. The van der Waals surface area contributed by atoms with Crippen LogP contribution in [0.3, 0.4) is 0 Å². The molecule has 1 aliphatic rings. The monoisotopic (exact) mass is 374 g/mol. The van der Waals surface area contributed by atoms with Crippen molar-refractivity contribution in [3.05, 3.63) is 29.8 Å². The summed E-state index contributed by atoms with van der Waals surface area (Å²) in [6, 6.07) is 7.85. The number of hydrogen-bond donors (Lipinski definition) is 2. The maximum Gasteiger partial charge on any atom is 0.230 e. The minimum atomic E-state index is -0.453. The van der Waals surface area contributed by atoms with E-state index < -0.39 is 5.41 Å². The van der Waals surface area contributed by atoms with Crippen LogP contribution in [0.25, 0.3) is 0 Å². The fourth-order valence-electron chi connectivity index (χ4n) is 3.85. The van der Waals surface area contributed by atoms with Gasteiger partial charge in [0.05, 0.1) is 5.41 Å². The van der Waals surface area contributed by atoms with Crippen LogP contribution in [0.4, 0.5) is 5.69 Å². The van der Waals surface area contributed by atoms with Crippen molar-refractivity contribution < 1.29 is 14.3 Å². The molecule has 5 nitrogen and oxygen atoms in total. The first kappa shape index (κ1) is 21.4. The number of methoxy groups -OCH3 is 1. The van der Waals surface area contributed by atoms with Crippen LogP contribution >= 0.6 is 0 Å². The zero-order chi connectivity index (χ0) is 19.7. The highest BCUT2D eigenvalue weighted by Gasteiger charge is 2.40. The summed E-state index contributed by atoms with van der Waals surface area (Å²) in [4.78, 5) is 25.0. The van der Waals surface area contributed by atoms with Crippen LogP contribution in [0.15, 0.2) is 24.3 Å². The molecule has 0 aromatic heterocycles. The van der Waals surface area contributed by atoms with E-state index in [-0.39, 0.29) is 11.8 Å². The van der Waals surface area contributed by atoms with Crippen LogP contribution in [0.5, 0.6) is 0 Å². The summed E-state index contributed by atoms with van der Waals surface area (Å²) in [5.74, 6) is 0.479. The lowest BCUT2D eigenvalue weighted by Gasteiger charge is -2.36. The number of benzene rings is 1. The van der Waals surface area contributed by atoms with Crippen molar-refractivity contribution in [3.63, 3.8) is 0 Å². The van der Waals surface area contributed by atoms with E-state index in [1.165, 1.54) is 6.42 Å². The third-order valence-electron chi connectivity index (χ3n) is 5.27. The molecule has 0 saturated heterocycles. The van der Waals surface area contributed by atoms with Gasteiger partial charge in [-0.05, 0) is 42.9 Å². The molecular weight excluding hydrogens is 340 g/mol. The molecule has 0 heterocycles. The Hall–Kier alpha value is -1.88. The van der Waals surface area contributed by atoms with Crippen molar-refractivity contribution in [1.29, 1.82) is 0 Å². The van der Waals surface area contributed by atoms with Crippen molar-refractivity contribution in [3.8, 4) is 0 Å². The molecule has 0 unspecified atom stereocenters. The van der Waals surface area contributed by atoms with Gasteiger partial charge in [-0.3, -0.25) is 9.59 Å². The normalized spacial score (nSPS) is 16.1. The van der Waals surface area contributed by atoms with Gasteiger partial charge in [0, 0.05) is 32.4 Å². The number of rotatable bonds is 9. The molecule has 0 spiro atoms. The minimum Gasteiger partial charge on any atom is -0.385 e. The maximum atomic E-state index is 13.0. The molecule has 0 atom stereocenters. The summed E-state index contributed by atoms with van der Waals surface area (Å²) in [5.41, 5.74) is 1.38. The summed E-state index contributed by atoms with van der Waals surface area (Å²) < 4.78 is 5.06. The van der Waals surface area contributed by atoms with Crippen molar-refractivity contribution in [1.82, 2.24) is 5.32 Å². The summed E-state index contributed by atoms with van der Waals surface area (Å²) in [6.07, 6.45) is 6.40. The smallest absolute Gasteiger partial charge is 0.230 e. The molecule has 0 aliphatic heterocycles. The zero-order valence-corrected chi connectivity index (χ0v) is 17.0. The summed E-state index contributed by atoms with van der Waals surface area (Å²) in [5, 5.41) is 6.05. The van der Waals surface area contributed by atoms with E-state index in [9.17, 15) is 9.59 Å². The Bertz CT molecular complexity index is 604. The largest absolute Gasteiger partial charge is 0.385 e. The molecule has 1 aromatic carbocycles. The average molecular weight is 375 g/mol. The average Bonchev–Trinajstić information content (AvgIpc) is 2.65. The van der Waals surface area contributed by atoms with Crippen LogP contribution in [-0.2, 0) is 19.7 Å². The van der Waals surface area contributed by atoms with Gasteiger partial charge < -0.3 is 15.4 Å². The lowest BCUT2D eigenvalue weighted by Crippen LogP contribution is -2.46. The second kappa shape index (κ2) is 10.5. The van der Waals surface area contributed by atoms with Gasteiger partial charge in [0.25, 0.3) is 0 Å². The van der Waals surface area contributed by atoms with Gasteiger partial charge >= 0.3 is 0 Å². The maximum absolute atomic E-state index is 13.0. The molecule has 2 N–H and O–H groups in total. The molecule has 0 radical (unpaired) electrons. The van der Waals surface area contributed by atoms with Gasteiger partial charge in [0.2, 0.25) is 11.8 Å². The van der Waals surface area contributed by atoms with E-state index >= 15 is 0 Å². The van der Waals surface area contributed by atoms with E-state index in [2.05, 4.69) is 10.6 Å². The number of anilines is 1. The zero-order valence-electron chi connectivity index (χ0n) is 17.0. The molecular formula is C22H34N2O3. The van der Waals surface area contributed by atoms with Gasteiger partial charge in [-0.25, -0.2) is 0 Å². The van der Waals surface area contributed by atoms with Crippen LogP contribution in [-0.4, -0.2) is 32.1 Å². The number of hydrogen-bond acceptors (Lipinski definition) is 3. The minimum absolute atomic E-state index is 0.0287. The summed E-state index contributed by atoms with van der Waals surface area (Å²) in [7, 11) is 1.67. The number of ether oxygens (including phenoxy) is 1. The third kappa shape index (κ3) is 6.06. The van der Waals surface area contributed by atoms with Crippen molar-refractivity contribution in [2.24, 2.45) is 5.92 Å². The first-order valence-corrected chi connectivity index (χ1v) is 10.2. The lowest BCUT2D eigenvalue weighted by molar-refractivity contribution is -0.128. The van der Waals surface area contributed by atoms with Crippen LogP contribution in [0, 0.1) is 5.92 Å². The Morgan fingerprint density at radius 3 is 2.37 bits per heavy atom. The highest BCUT2D eigenvalue weighted by molar-refractivity contribution is 5.91. The molecule has 1 fully saturated rings. The molecule has 1 saturated carbocycles. The SMILES string of the molecule is COCCCNC(=O)C1(c2ccc(NC(=O)CC(C)C)cc2)CCCCC1. The molecule has 0 bridgehead atoms. The predicted molar refractivity (Wildman–Crippen MR) is 109 cm³/mol. The van der Waals surface area contributed by atoms with Gasteiger partial charge in [0.1, 0.15) is 0 Å². The summed E-state index contributed by atoms with van der Waals surface area (Å²) in [6.45, 7) is 5.34. The van der Waals surface area contributed by atoms with Crippen molar-refractivity contribution in [2.45, 2.75) is 64.2 Å². The molecule has 1 aromatic rings. The van der Waals surface area contributed by atoms with Gasteiger partial charge in [0.15, 0.2) is 0 Å². The Morgan fingerprint density at radius 2 is 1.78 bits per heavy atom. The number of carbonyl (C=O) groups excluding carboxylic acids is 2. The van der Waals surface area contributed by atoms with E-state index in [1.54, 1.807) is 7.11 Å². The van der Waals surface area contributed by atoms with Gasteiger partial charge in [-0.1, -0.05) is 45.2 Å².